The van der Waals surface area contributed by atoms with Gasteiger partial charge in [0.2, 0.25) is 0 Å². The molecule has 0 N–H and O–H groups in total. The van der Waals surface area contributed by atoms with Crippen LogP contribution in [0, 0.1) is 0 Å². The van der Waals surface area contributed by atoms with Crippen molar-refractivity contribution >= 4 is 27.5 Å². The van der Waals surface area contributed by atoms with Crippen LogP contribution in [0.3, 0.4) is 0 Å². The first kappa shape index (κ1) is 22.8. The summed E-state index contributed by atoms with van der Waals surface area (Å²) >= 11 is 9.25. The maximum Gasteiger partial charge on any atom is 0.0886 e. The fraction of sp³-hybridized carbons (Fsp3) is 1.00. The van der Waals surface area contributed by atoms with Crippen molar-refractivity contribution in [2.24, 2.45) is 0 Å². The minimum atomic E-state index is 0.184. The van der Waals surface area contributed by atoms with Gasteiger partial charge in [-0.05, 0) is 6.42 Å². The molecule has 0 bridgehead atoms. The van der Waals surface area contributed by atoms with Gasteiger partial charge in [-0.15, -0.1) is 11.6 Å². The molecule has 0 spiro atoms. The van der Waals surface area contributed by atoms with E-state index in [-0.39, 0.29) is 4.29 Å². The Hall–Kier alpha value is 0.770. The molecule has 0 amide bonds. The van der Waals surface area contributed by atoms with Crippen LogP contribution in [0.4, 0.5) is 0 Å². The van der Waals surface area contributed by atoms with E-state index in [1.807, 2.05) is 0 Å². The summed E-state index contributed by atoms with van der Waals surface area (Å²) in [7, 11) is 0. The Labute approximate surface area is 154 Å². The number of unbranched alkanes of at least 4 members (excludes halogenated alkanes) is 16. The molecule has 0 saturated heterocycles. The predicted molar refractivity (Wildman–Crippen MR) is 107 cm³/mol. The molecule has 0 aliphatic carbocycles. The minimum Gasteiger partial charge on any atom is -0.110 e. The molecule has 0 aliphatic heterocycles. The van der Waals surface area contributed by atoms with Gasteiger partial charge >= 0.3 is 0 Å². The van der Waals surface area contributed by atoms with Crippen molar-refractivity contribution in [3.8, 4) is 0 Å². The van der Waals surface area contributed by atoms with Gasteiger partial charge in [0.1, 0.15) is 0 Å². The molecule has 0 radical (unpaired) electrons. The summed E-state index contributed by atoms with van der Waals surface area (Å²) in [5.41, 5.74) is 0. The molecule has 0 fully saturated rings. The molecule has 0 heterocycles. The average Bonchev–Trinajstić information content (AvgIpc) is 2.50. The average molecular weight is 396 g/mol. The van der Waals surface area contributed by atoms with E-state index >= 15 is 0 Å². The van der Waals surface area contributed by atoms with Crippen LogP contribution in [0.15, 0.2) is 0 Å². The molecule has 0 aliphatic rings. The highest BCUT2D eigenvalue weighted by atomic mass is 79.9. The minimum absolute atomic E-state index is 0.184. The molecule has 0 rings (SSSR count). The van der Waals surface area contributed by atoms with Gasteiger partial charge in [0.05, 0.1) is 4.29 Å². The second-order valence-electron chi connectivity index (χ2n) is 6.84. The molecule has 1 atom stereocenters. The molecular weight excluding hydrogens is 356 g/mol. The summed E-state index contributed by atoms with van der Waals surface area (Å²) in [4.78, 5) is 0. The van der Waals surface area contributed by atoms with Crippen LogP contribution in [0.2, 0.25) is 0 Å². The van der Waals surface area contributed by atoms with Crippen LogP contribution < -0.4 is 0 Å². The Morgan fingerprint density at radius 1 is 0.545 bits per heavy atom. The maximum atomic E-state index is 5.87. The summed E-state index contributed by atoms with van der Waals surface area (Å²) in [6.45, 7) is 2.29. The third kappa shape index (κ3) is 20.8. The van der Waals surface area contributed by atoms with Crippen molar-refractivity contribution in [3.63, 3.8) is 0 Å². The van der Waals surface area contributed by atoms with Gasteiger partial charge in [-0.1, -0.05) is 132 Å². The van der Waals surface area contributed by atoms with Crippen molar-refractivity contribution in [3.05, 3.63) is 0 Å². The van der Waals surface area contributed by atoms with E-state index in [4.69, 9.17) is 11.6 Å². The molecule has 0 saturated carbocycles. The molecule has 0 aromatic carbocycles. The van der Waals surface area contributed by atoms with Crippen LogP contribution in [-0.4, -0.2) is 4.29 Å². The summed E-state index contributed by atoms with van der Waals surface area (Å²) in [6.07, 6.45) is 25.5. The van der Waals surface area contributed by atoms with Crippen molar-refractivity contribution in [2.75, 3.05) is 0 Å². The lowest BCUT2D eigenvalue weighted by Crippen LogP contribution is -1.86. The molecule has 0 aromatic rings. The summed E-state index contributed by atoms with van der Waals surface area (Å²) in [5.74, 6) is 0. The Morgan fingerprint density at radius 3 is 1.09 bits per heavy atom. The Morgan fingerprint density at radius 2 is 0.818 bits per heavy atom. The lowest BCUT2D eigenvalue weighted by atomic mass is 10.0. The fourth-order valence-corrected chi connectivity index (χ4v) is 3.50. The Kier molecular flexibility index (Phi) is 20.5. The number of hydrogen-bond acceptors (Lipinski definition) is 0. The number of hydrogen-bond donors (Lipinski definition) is 0. The van der Waals surface area contributed by atoms with Gasteiger partial charge in [0.15, 0.2) is 0 Å². The van der Waals surface area contributed by atoms with Gasteiger partial charge in [0.25, 0.3) is 0 Å². The highest BCUT2D eigenvalue weighted by Crippen LogP contribution is 2.17. The number of rotatable bonds is 18. The Balaban J connectivity index is 2.94. The van der Waals surface area contributed by atoms with Gasteiger partial charge in [-0.3, -0.25) is 0 Å². The van der Waals surface area contributed by atoms with E-state index in [0.717, 1.165) is 6.42 Å². The van der Waals surface area contributed by atoms with E-state index in [1.54, 1.807) is 0 Å². The number of alkyl halides is 2. The van der Waals surface area contributed by atoms with Gasteiger partial charge in [0, 0.05) is 0 Å². The van der Waals surface area contributed by atoms with Crippen molar-refractivity contribution in [1.82, 2.24) is 0 Å². The molecule has 0 aromatic heterocycles. The monoisotopic (exact) mass is 394 g/mol. The highest BCUT2D eigenvalue weighted by molar-refractivity contribution is 9.10. The van der Waals surface area contributed by atoms with Crippen LogP contribution in [0.1, 0.15) is 122 Å². The highest BCUT2D eigenvalue weighted by Gasteiger charge is 1.98. The van der Waals surface area contributed by atoms with Crippen molar-refractivity contribution < 1.29 is 0 Å². The smallest absolute Gasteiger partial charge is 0.0886 e. The van der Waals surface area contributed by atoms with Crippen LogP contribution in [0.5, 0.6) is 0 Å². The first-order valence-electron chi connectivity index (χ1n) is 10.1. The summed E-state index contributed by atoms with van der Waals surface area (Å²) in [5, 5.41) is 0. The second-order valence-corrected chi connectivity index (χ2v) is 9.00. The van der Waals surface area contributed by atoms with Gasteiger partial charge in [-0.25, -0.2) is 0 Å². The lowest BCUT2D eigenvalue weighted by Gasteiger charge is -2.04. The standard InChI is InChI=1S/C20H40BrCl/c1-2-3-4-5-6-7-8-9-10-11-12-13-14-15-16-17-18-19-20(21)22/h20H,2-19H2,1H3. The van der Waals surface area contributed by atoms with Crippen LogP contribution in [-0.2, 0) is 0 Å². The fourth-order valence-electron chi connectivity index (χ4n) is 3.02. The third-order valence-corrected chi connectivity index (χ3v) is 5.20. The van der Waals surface area contributed by atoms with E-state index in [1.165, 1.54) is 109 Å². The zero-order valence-electron chi connectivity index (χ0n) is 15.1. The zero-order valence-corrected chi connectivity index (χ0v) is 17.4. The largest absolute Gasteiger partial charge is 0.110 e. The molecule has 22 heavy (non-hydrogen) atoms. The van der Waals surface area contributed by atoms with Crippen molar-refractivity contribution in [1.29, 1.82) is 0 Å². The normalized spacial score (nSPS) is 12.7. The van der Waals surface area contributed by atoms with Crippen molar-refractivity contribution in [2.45, 2.75) is 127 Å². The van der Waals surface area contributed by atoms with E-state index in [0.29, 0.717) is 0 Å². The van der Waals surface area contributed by atoms with E-state index in [2.05, 4.69) is 22.9 Å². The van der Waals surface area contributed by atoms with E-state index < -0.39 is 0 Å². The quantitative estimate of drug-likeness (QED) is 0.160. The number of halogens is 2. The first-order chi connectivity index (χ1) is 10.8. The lowest BCUT2D eigenvalue weighted by molar-refractivity contribution is 0.526. The summed E-state index contributed by atoms with van der Waals surface area (Å²) in [6, 6.07) is 0. The zero-order chi connectivity index (χ0) is 16.3. The van der Waals surface area contributed by atoms with Crippen LogP contribution in [0.25, 0.3) is 0 Å². The predicted octanol–water partition coefficient (Wildman–Crippen LogP) is 8.99. The second kappa shape index (κ2) is 19.8. The summed E-state index contributed by atoms with van der Waals surface area (Å²) < 4.78 is 0.184. The third-order valence-electron chi connectivity index (χ3n) is 4.53. The molecular formula is C20H40BrCl. The Bertz CT molecular complexity index is 194. The van der Waals surface area contributed by atoms with Gasteiger partial charge < -0.3 is 0 Å². The van der Waals surface area contributed by atoms with E-state index in [9.17, 15) is 0 Å². The topological polar surface area (TPSA) is 0 Å². The molecule has 1 unspecified atom stereocenters. The molecule has 2 heteroatoms. The van der Waals surface area contributed by atoms with Gasteiger partial charge in [-0.2, -0.15) is 0 Å². The molecule has 134 valence electrons. The molecule has 0 nitrogen and oxygen atoms in total. The first-order valence-corrected chi connectivity index (χ1v) is 11.4. The SMILES string of the molecule is CCCCCCCCCCCCCCCCCCCC(Cl)Br. The van der Waals surface area contributed by atoms with Crippen LogP contribution >= 0.6 is 27.5 Å². The maximum absolute atomic E-state index is 5.87.